The van der Waals surface area contributed by atoms with E-state index in [9.17, 15) is 9.59 Å². The van der Waals surface area contributed by atoms with Crippen LogP contribution in [0.25, 0.3) is 0 Å². The zero-order chi connectivity index (χ0) is 12.2. The number of hydrogen-bond donors (Lipinski definition) is 0. The third kappa shape index (κ3) is 8.15. The van der Waals surface area contributed by atoms with Crippen LogP contribution < -0.4 is 0 Å². The first kappa shape index (κ1) is 13.5. The van der Waals surface area contributed by atoms with Crippen molar-refractivity contribution in [3.05, 3.63) is 24.3 Å². The predicted molar refractivity (Wildman–Crippen MR) is 57.9 cm³/mol. The topological polar surface area (TPSA) is 52.6 Å². The van der Waals surface area contributed by atoms with E-state index in [1.807, 2.05) is 0 Å². The smallest absolute Gasteiger partial charge is 0.332 e. The van der Waals surface area contributed by atoms with Crippen LogP contribution in [-0.2, 0) is 19.1 Å². The fourth-order valence-electron chi connectivity index (χ4n) is 0.550. The first-order valence-electron chi connectivity index (χ1n) is 4.23. The van der Waals surface area contributed by atoms with Crippen LogP contribution in [0.1, 0.15) is 0 Å². The lowest BCUT2D eigenvalue weighted by atomic mass is 10.5. The van der Waals surface area contributed by atoms with E-state index in [0.717, 1.165) is 12.2 Å². The summed E-state index contributed by atoms with van der Waals surface area (Å²) >= 11 is 0. The summed E-state index contributed by atoms with van der Waals surface area (Å²) in [6, 6.07) is 0. The Morgan fingerprint density at radius 2 is 1.94 bits per heavy atom. The Morgan fingerprint density at radius 3 is 2.56 bits per heavy atom. The van der Waals surface area contributed by atoms with Gasteiger partial charge in [0.1, 0.15) is 0 Å². The van der Waals surface area contributed by atoms with Crippen LogP contribution in [0.5, 0.6) is 0 Å². The monoisotopic (exact) mass is 218 g/mol. The number of carbonyl (C=O) groups excluding carboxylic acids is 2. The highest BCUT2D eigenvalue weighted by Gasteiger charge is 1.91. The van der Waals surface area contributed by atoms with E-state index >= 15 is 0 Å². The van der Waals surface area contributed by atoms with Crippen molar-refractivity contribution in [1.29, 1.82) is 0 Å². The highest BCUT2D eigenvalue weighted by atomic mass is 16.5. The first-order valence-corrected chi connectivity index (χ1v) is 4.23. The summed E-state index contributed by atoms with van der Waals surface area (Å²) in [6.45, 7) is -0.0702. The Kier molecular flexibility index (Phi) is 7.71. The normalized spacial score (nSPS) is 9.25. The quantitative estimate of drug-likeness (QED) is 0.392. The molecule has 0 amide bonds. The van der Waals surface area contributed by atoms with Crippen LogP contribution >= 0.6 is 0 Å². The van der Waals surface area contributed by atoms with Crippen LogP contribution in [0.3, 0.4) is 0 Å². The lowest BCUT2D eigenvalue weighted by Gasteiger charge is -1.91. The molecular formula is C12H10O4. The van der Waals surface area contributed by atoms with E-state index in [1.54, 1.807) is 0 Å². The van der Waals surface area contributed by atoms with Crippen molar-refractivity contribution >= 4 is 11.9 Å². The SMILES string of the molecule is C#C/C=C\C(=O)OCC#C/C=C\C(=O)OC. The second kappa shape index (κ2) is 9.11. The number of ether oxygens (including phenoxy) is 2. The number of allylic oxidation sites excluding steroid dienone is 2. The van der Waals surface area contributed by atoms with E-state index < -0.39 is 11.9 Å². The van der Waals surface area contributed by atoms with Crippen LogP contribution in [0.4, 0.5) is 0 Å². The predicted octanol–water partition coefficient (Wildman–Crippen LogP) is 0.452. The molecule has 0 aliphatic carbocycles. The third-order valence-corrected chi connectivity index (χ3v) is 1.21. The number of terminal acetylenes is 1. The highest BCUT2D eigenvalue weighted by Crippen LogP contribution is 1.80. The van der Waals surface area contributed by atoms with Crippen molar-refractivity contribution in [3.63, 3.8) is 0 Å². The van der Waals surface area contributed by atoms with E-state index in [2.05, 4.69) is 27.2 Å². The lowest BCUT2D eigenvalue weighted by molar-refractivity contribution is -0.136. The molecule has 0 saturated carbocycles. The first-order chi connectivity index (χ1) is 7.70. The summed E-state index contributed by atoms with van der Waals surface area (Å²) in [5, 5.41) is 0. The Hall–Kier alpha value is -2.46. The van der Waals surface area contributed by atoms with Gasteiger partial charge < -0.3 is 9.47 Å². The van der Waals surface area contributed by atoms with Gasteiger partial charge in [0.15, 0.2) is 6.61 Å². The number of carbonyl (C=O) groups is 2. The van der Waals surface area contributed by atoms with Gasteiger partial charge in [0, 0.05) is 12.2 Å². The molecule has 16 heavy (non-hydrogen) atoms. The van der Waals surface area contributed by atoms with Gasteiger partial charge >= 0.3 is 11.9 Å². The maximum Gasteiger partial charge on any atom is 0.332 e. The zero-order valence-corrected chi connectivity index (χ0v) is 8.73. The molecule has 0 saturated heterocycles. The molecule has 0 aliphatic heterocycles. The van der Waals surface area contributed by atoms with Crippen LogP contribution in [0.15, 0.2) is 24.3 Å². The molecule has 0 unspecified atom stereocenters. The van der Waals surface area contributed by atoms with Gasteiger partial charge in [-0.15, -0.1) is 6.42 Å². The van der Waals surface area contributed by atoms with Gasteiger partial charge in [0.2, 0.25) is 0 Å². The maximum absolute atomic E-state index is 10.8. The fourth-order valence-corrected chi connectivity index (χ4v) is 0.550. The molecule has 0 spiro atoms. The minimum atomic E-state index is -0.566. The van der Waals surface area contributed by atoms with Crippen molar-refractivity contribution in [2.75, 3.05) is 13.7 Å². The van der Waals surface area contributed by atoms with Crippen LogP contribution in [0, 0.1) is 24.2 Å². The zero-order valence-electron chi connectivity index (χ0n) is 8.73. The molecule has 0 aromatic carbocycles. The molecule has 4 heteroatoms. The van der Waals surface area contributed by atoms with Gasteiger partial charge in [-0.1, -0.05) is 17.8 Å². The molecule has 4 nitrogen and oxygen atoms in total. The molecule has 0 bridgehead atoms. The van der Waals surface area contributed by atoms with Gasteiger partial charge in [-0.3, -0.25) is 0 Å². The summed E-state index contributed by atoms with van der Waals surface area (Å²) in [4.78, 5) is 21.4. The molecule has 0 heterocycles. The second-order valence-corrected chi connectivity index (χ2v) is 2.29. The van der Waals surface area contributed by atoms with E-state index in [4.69, 9.17) is 6.42 Å². The fraction of sp³-hybridized carbons (Fsp3) is 0.167. The maximum atomic E-state index is 10.8. The molecule has 0 atom stereocenters. The molecule has 0 N–H and O–H groups in total. The third-order valence-electron chi connectivity index (χ3n) is 1.21. The van der Waals surface area contributed by atoms with E-state index in [0.29, 0.717) is 0 Å². The highest BCUT2D eigenvalue weighted by molar-refractivity contribution is 5.83. The van der Waals surface area contributed by atoms with Gasteiger partial charge in [-0.25, -0.2) is 9.59 Å². The molecule has 0 fully saturated rings. The molecule has 82 valence electrons. The Bertz CT molecular complexity index is 399. The Balaban J connectivity index is 3.83. The summed E-state index contributed by atoms with van der Waals surface area (Å²) in [6.07, 6.45) is 9.70. The van der Waals surface area contributed by atoms with Crippen molar-refractivity contribution in [1.82, 2.24) is 0 Å². The summed E-state index contributed by atoms with van der Waals surface area (Å²) in [5.74, 6) is 6.07. The molecule has 0 aliphatic rings. The van der Waals surface area contributed by atoms with Gasteiger partial charge in [-0.2, -0.15) is 0 Å². The number of esters is 2. The van der Waals surface area contributed by atoms with E-state index in [-0.39, 0.29) is 6.61 Å². The second-order valence-electron chi connectivity index (χ2n) is 2.29. The average molecular weight is 218 g/mol. The average Bonchev–Trinajstić information content (AvgIpc) is 2.30. The van der Waals surface area contributed by atoms with Crippen molar-refractivity contribution < 1.29 is 19.1 Å². The van der Waals surface area contributed by atoms with Crippen molar-refractivity contribution in [2.45, 2.75) is 0 Å². The lowest BCUT2D eigenvalue weighted by Crippen LogP contribution is -1.99. The van der Waals surface area contributed by atoms with Gasteiger partial charge in [0.05, 0.1) is 7.11 Å². The molecule has 0 rings (SSSR count). The van der Waals surface area contributed by atoms with Crippen molar-refractivity contribution in [2.24, 2.45) is 0 Å². The number of hydrogen-bond acceptors (Lipinski definition) is 4. The summed E-state index contributed by atoms with van der Waals surface area (Å²) < 4.78 is 8.96. The molecule has 0 radical (unpaired) electrons. The Labute approximate surface area is 93.9 Å². The van der Waals surface area contributed by atoms with E-state index in [1.165, 1.54) is 19.3 Å². The van der Waals surface area contributed by atoms with Gasteiger partial charge in [0.25, 0.3) is 0 Å². The Morgan fingerprint density at radius 1 is 1.25 bits per heavy atom. The minimum Gasteiger partial charge on any atom is -0.466 e. The van der Waals surface area contributed by atoms with Crippen molar-refractivity contribution in [3.8, 4) is 24.2 Å². The van der Waals surface area contributed by atoms with Gasteiger partial charge in [-0.05, 0) is 12.2 Å². The molecule has 0 aromatic rings. The molecular weight excluding hydrogens is 208 g/mol. The molecule has 0 aromatic heterocycles. The minimum absolute atomic E-state index is 0.0702. The van der Waals surface area contributed by atoms with Crippen LogP contribution in [-0.4, -0.2) is 25.7 Å². The summed E-state index contributed by atoms with van der Waals surface area (Å²) in [7, 11) is 1.26. The standard InChI is InChI=1S/C12H10O4/c1-3-4-8-12(14)16-10-7-5-6-9-11(13)15-2/h1,4,6,8-9H,10H2,2H3/b8-4-,9-6-. The van der Waals surface area contributed by atoms with Crippen LogP contribution in [0.2, 0.25) is 0 Å². The number of methoxy groups -OCH3 is 1. The summed E-state index contributed by atoms with van der Waals surface area (Å²) in [5.41, 5.74) is 0. The largest absolute Gasteiger partial charge is 0.466 e. The number of rotatable bonds is 3.